The van der Waals surface area contributed by atoms with E-state index in [-0.39, 0.29) is 10.9 Å². The fourth-order valence-corrected chi connectivity index (χ4v) is 7.18. The molecule has 9 heteroatoms. The van der Waals surface area contributed by atoms with Gasteiger partial charge in [0.15, 0.2) is 0 Å². The average Bonchev–Trinajstić information content (AvgIpc) is 2.93. The van der Waals surface area contributed by atoms with Crippen molar-refractivity contribution in [3.05, 3.63) is 48.5 Å². The van der Waals surface area contributed by atoms with Crippen molar-refractivity contribution in [1.82, 2.24) is 14.5 Å². The summed E-state index contributed by atoms with van der Waals surface area (Å²) in [6.45, 7) is 7.87. The third-order valence-corrected chi connectivity index (χ3v) is 9.62. The average molecular weight is 515 g/mol. The van der Waals surface area contributed by atoms with Crippen molar-refractivity contribution in [2.24, 2.45) is 11.8 Å². The Morgan fingerprint density at radius 3 is 2.36 bits per heavy atom. The van der Waals surface area contributed by atoms with Crippen molar-refractivity contribution < 1.29 is 17.9 Å². The minimum Gasteiger partial charge on any atom is -0.497 e. The summed E-state index contributed by atoms with van der Waals surface area (Å²) in [5.74, 6) is 2.91. The summed E-state index contributed by atoms with van der Waals surface area (Å²) in [5, 5.41) is 0. The maximum Gasteiger partial charge on any atom is 0.240 e. The number of nitrogens with one attached hydrogen (secondary N) is 1. The van der Waals surface area contributed by atoms with Gasteiger partial charge in [0, 0.05) is 51.9 Å². The lowest BCUT2D eigenvalue weighted by atomic mass is 9.75. The lowest BCUT2D eigenvalue weighted by Gasteiger charge is -2.51. The van der Waals surface area contributed by atoms with Gasteiger partial charge in [-0.05, 0) is 67.6 Å². The minimum atomic E-state index is -3.52. The van der Waals surface area contributed by atoms with E-state index in [4.69, 9.17) is 9.47 Å². The molecule has 4 atom stereocenters. The zero-order valence-corrected chi connectivity index (χ0v) is 22.1. The molecule has 0 saturated carbocycles. The topological polar surface area (TPSA) is 74.4 Å². The Balaban J connectivity index is 1.11. The smallest absolute Gasteiger partial charge is 0.240 e. The maximum atomic E-state index is 12.8. The predicted molar refractivity (Wildman–Crippen MR) is 141 cm³/mol. The molecule has 4 unspecified atom stereocenters. The lowest BCUT2D eigenvalue weighted by molar-refractivity contribution is -0.0107. The van der Waals surface area contributed by atoms with Crippen LogP contribution in [0, 0.1) is 11.8 Å². The van der Waals surface area contributed by atoms with Crippen LogP contribution in [-0.4, -0.2) is 90.8 Å². The van der Waals surface area contributed by atoms with E-state index < -0.39 is 10.0 Å². The van der Waals surface area contributed by atoms with E-state index in [1.807, 2.05) is 12.1 Å². The Hall–Kier alpha value is -2.33. The molecule has 2 bridgehead atoms. The fraction of sp³-hybridized carbons (Fsp3) is 0.556. The first-order valence-corrected chi connectivity index (χ1v) is 14.4. The number of fused-ring (bicyclic) bond motifs is 3. The molecule has 196 valence electrons. The van der Waals surface area contributed by atoms with Crippen LogP contribution in [0.15, 0.2) is 53.4 Å². The number of piperidine rings is 3. The molecule has 4 aliphatic rings. The van der Waals surface area contributed by atoms with E-state index >= 15 is 0 Å². The second-order valence-corrected chi connectivity index (χ2v) is 11.9. The van der Waals surface area contributed by atoms with Gasteiger partial charge in [0.1, 0.15) is 11.5 Å². The molecular weight excluding hydrogens is 476 g/mol. The summed E-state index contributed by atoms with van der Waals surface area (Å²) in [6.07, 6.45) is 2.28. The summed E-state index contributed by atoms with van der Waals surface area (Å²) in [7, 11) is -0.216. The highest BCUT2D eigenvalue weighted by Crippen LogP contribution is 2.37. The Bertz CT molecular complexity index is 1120. The van der Waals surface area contributed by atoms with Crippen molar-refractivity contribution in [2.75, 3.05) is 71.5 Å². The van der Waals surface area contributed by atoms with E-state index in [9.17, 15) is 8.42 Å². The third-order valence-electron chi connectivity index (χ3n) is 8.18. The van der Waals surface area contributed by atoms with Gasteiger partial charge in [0.25, 0.3) is 0 Å². The largest absolute Gasteiger partial charge is 0.497 e. The van der Waals surface area contributed by atoms with Gasteiger partial charge >= 0.3 is 0 Å². The molecule has 6 rings (SSSR count). The molecule has 36 heavy (non-hydrogen) atoms. The predicted octanol–water partition coefficient (Wildman–Crippen LogP) is 2.51. The van der Waals surface area contributed by atoms with Gasteiger partial charge < -0.3 is 14.4 Å². The van der Waals surface area contributed by atoms with Gasteiger partial charge in [0.05, 0.1) is 24.8 Å². The highest BCUT2D eigenvalue weighted by Gasteiger charge is 2.41. The van der Waals surface area contributed by atoms with Crippen LogP contribution in [-0.2, 0) is 10.0 Å². The van der Waals surface area contributed by atoms with Crippen molar-refractivity contribution in [1.29, 1.82) is 0 Å². The molecule has 4 saturated heterocycles. The quantitative estimate of drug-likeness (QED) is 0.551. The van der Waals surface area contributed by atoms with Gasteiger partial charge in [-0.3, -0.25) is 9.80 Å². The van der Waals surface area contributed by atoms with Crippen molar-refractivity contribution in [2.45, 2.75) is 23.8 Å². The number of methoxy groups -OCH3 is 2. The fourth-order valence-electron chi connectivity index (χ4n) is 6.11. The van der Waals surface area contributed by atoms with Crippen LogP contribution in [0.2, 0.25) is 0 Å². The van der Waals surface area contributed by atoms with Crippen molar-refractivity contribution in [3.63, 3.8) is 0 Å². The Kier molecular flexibility index (Phi) is 7.71. The molecule has 4 aliphatic heterocycles. The standard InChI is InChI=1S/C27H38N4O4S/c1-34-24-7-9-25(10-8-24)36(32,33)28-18-23-17-21-11-12-31(23)20-22(21)19-29-13-15-30(16-14-29)26-5-3-4-6-27(26)35-2/h3-10,21-23,28H,11-20H2,1-2H3. The number of hydrogen-bond acceptors (Lipinski definition) is 7. The molecule has 0 amide bonds. The molecule has 2 aromatic rings. The van der Waals surface area contributed by atoms with Gasteiger partial charge in [-0.2, -0.15) is 0 Å². The first kappa shape index (κ1) is 25.3. The summed E-state index contributed by atoms with van der Waals surface area (Å²) >= 11 is 0. The maximum absolute atomic E-state index is 12.8. The van der Waals surface area contributed by atoms with Crippen LogP contribution in [0.1, 0.15) is 12.8 Å². The number of para-hydroxylation sites is 2. The van der Waals surface area contributed by atoms with E-state index in [1.54, 1.807) is 38.5 Å². The second-order valence-electron chi connectivity index (χ2n) is 10.2. The van der Waals surface area contributed by atoms with Gasteiger partial charge in [-0.15, -0.1) is 0 Å². The number of nitrogens with zero attached hydrogens (tertiary/aromatic N) is 3. The summed E-state index contributed by atoms with van der Waals surface area (Å²) in [4.78, 5) is 7.83. The van der Waals surface area contributed by atoms with Crippen LogP contribution in [0.3, 0.4) is 0 Å². The molecule has 2 aromatic carbocycles. The van der Waals surface area contributed by atoms with Gasteiger partial charge in [0.2, 0.25) is 10.0 Å². The molecule has 0 radical (unpaired) electrons. The zero-order valence-electron chi connectivity index (χ0n) is 21.3. The molecule has 0 aromatic heterocycles. The van der Waals surface area contributed by atoms with Gasteiger partial charge in [-0.1, -0.05) is 12.1 Å². The molecule has 4 fully saturated rings. The minimum absolute atomic E-state index is 0.274. The lowest BCUT2D eigenvalue weighted by Crippen LogP contribution is -2.59. The number of hydrogen-bond donors (Lipinski definition) is 1. The van der Waals surface area contributed by atoms with Crippen LogP contribution >= 0.6 is 0 Å². The summed E-state index contributed by atoms with van der Waals surface area (Å²) in [6, 6.07) is 15.1. The molecule has 8 nitrogen and oxygen atoms in total. The number of sulfonamides is 1. The highest BCUT2D eigenvalue weighted by atomic mass is 32.2. The van der Waals surface area contributed by atoms with Gasteiger partial charge in [-0.25, -0.2) is 13.1 Å². The van der Waals surface area contributed by atoms with Crippen molar-refractivity contribution >= 4 is 15.7 Å². The summed E-state index contributed by atoms with van der Waals surface area (Å²) in [5.41, 5.74) is 1.18. The van der Waals surface area contributed by atoms with Crippen LogP contribution in [0.4, 0.5) is 5.69 Å². The van der Waals surface area contributed by atoms with E-state index in [0.29, 0.717) is 24.1 Å². The van der Waals surface area contributed by atoms with E-state index in [2.05, 4.69) is 31.6 Å². The van der Waals surface area contributed by atoms with Crippen molar-refractivity contribution in [3.8, 4) is 11.5 Å². The number of anilines is 1. The summed E-state index contributed by atoms with van der Waals surface area (Å²) < 4.78 is 39.1. The second kappa shape index (κ2) is 11.0. The number of rotatable bonds is 9. The Morgan fingerprint density at radius 2 is 1.69 bits per heavy atom. The third kappa shape index (κ3) is 5.49. The first-order chi connectivity index (χ1) is 17.5. The number of piperazine rings is 1. The zero-order chi connectivity index (χ0) is 25.1. The molecule has 1 N–H and O–H groups in total. The molecule has 0 spiro atoms. The van der Waals surface area contributed by atoms with E-state index in [1.165, 1.54) is 12.1 Å². The molecule has 4 heterocycles. The van der Waals surface area contributed by atoms with Crippen LogP contribution in [0.5, 0.6) is 11.5 Å². The van der Waals surface area contributed by atoms with Crippen LogP contribution in [0.25, 0.3) is 0 Å². The molecular formula is C27H38N4O4S. The van der Waals surface area contributed by atoms with E-state index in [0.717, 1.165) is 58.0 Å². The normalized spacial score (nSPS) is 26.7. The Morgan fingerprint density at radius 1 is 0.944 bits per heavy atom. The molecule has 0 aliphatic carbocycles. The van der Waals surface area contributed by atoms with Crippen LogP contribution < -0.4 is 19.1 Å². The SMILES string of the molecule is COc1ccc(S(=O)(=O)NCC2CC3CCN2CC3CN2CCN(c3ccccc3OC)CC2)cc1. The number of ether oxygens (including phenoxy) is 2. The number of benzene rings is 2. The highest BCUT2D eigenvalue weighted by molar-refractivity contribution is 7.89. The monoisotopic (exact) mass is 514 g/mol. The Labute approximate surface area is 215 Å². The first-order valence-electron chi connectivity index (χ1n) is 12.9.